The molecule has 2 N–H and O–H groups in total. The first-order chi connectivity index (χ1) is 9.71. The third-order valence-corrected chi connectivity index (χ3v) is 4.74. The summed E-state index contributed by atoms with van der Waals surface area (Å²) in [7, 11) is 1.71. The Balaban J connectivity index is 1.63. The summed E-state index contributed by atoms with van der Waals surface area (Å²) < 4.78 is 0. The van der Waals surface area contributed by atoms with Gasteiger partial charge in [0.05, 0.1) is 6.54 Å². The van der Waals surface area contributed by atoms with Crippen molar-refractivity contribution in [1.29, 1.82) is 0 Å². The number of carbonyl (C=O) groups is 1. The minimum Gasteiger partial charge on any atom is -0.358 e. The molecule has 0 aromatic rings. The topological polar surface area (TPSA) is 47.6 Å². The van der Waals surface area contributed by atoms with Crippen LogP contribution in [0.15, 0.2) is 0 Å². The van der Waals surface area contributed by atoms with Crippen LogP contribution in [0.2, 0.25) is 0 Å². The van der Waals surface area contributed by atoms with E-state index in [1.54, 1.807) is 7.05 Å². The summed E-state index contributed by atoms with van der Waals surface area (Å²) in [6, 6.07) is 1.35. The van der Waals surface area contributed by atoms with E-state index in [9.17, 15) is 4.79 Å². The van der Waals surface area contributed by atoms with Gasteiger partial charge in [0.15, 0.2) is 0 Å². The molecule has 20 heavy (non-hydrogen) atoms. The van der Waals surface area contributed by atoms with Crippen LogP contribution in [-0.2, 0) is 4.79 Å². The van der Waals surface area contributed by atoms with Gasteiger partial charge in [-0.25, -0.2) is 0 Å². The quantitative estimate of drug-likeness (QED) is 0.760. The summed E-state index contributed by atoms with van der Waals surface area (Å²) in [5.41, 5.74) is 0. The zero-order valence-electron chi connectivity index (χ0n) is 13.0. The van der Waals surface area contributed by atoms with E-state index < -0.39 is 0 Å². The molecule has 2 aliphatic rings. The Hall–Kier alpha value is -0.650. The molecule has 0 bridgehead atoms. The van der Waals surface area contributed by atoms with Crippen LogP contribution in [0.25, 0.3) is 0 Å². The first kappa shape index (κ1) is 15.7. The van der Waals surface area contributed by atoms with Crippen molar-refractivity contribution >= 4 is 5.91 Å². The van der Waals surface area contributed by atoms with E-state index in [2.05, 4.69) is 27.4 Å². The van der Waals surface area contributed by atoms with Crippen molar-refractivity contribution in [3.8, 4) is 0 Å². The molecule has 0 spiro atoms. The Morgan fingerprint density at radius 1 is 1.00 bits per heavy atom. The van der Waals surface area contributed by atoms with Crippen LogP contribution in [0, 0.1) is 0 Å². The van der Waals surface area contributed by atoms with Crippen LogP contribution < -0.4 is 10.6 Å². The molecule has 2 saturated heterocycles. The molecule has 0 unspecified atom stereocenters. The Labute approximate surface area is 123 Å². The standard InChI is InChI=1S/C15H30N4O/c1-3-18-8-4-13(5-9-18)17-14-6-10-19(11-7-14)12-15(20)16-2/h13-14,17H,3-12H2,1-2H3,(H,16,20). The minimum absolute atomic E-state index is 0.128. The molecule has 2 aliphatic heterocycles. The predicted molar refractivity (Wildman–Crippen MR) is 81.8 cm³/mol. The first-order valence-electron chi connectivity index (χ1n) is 8.12. The van der Waals surface area contributed by atoms with Gasteiger partial charge >= 0.3 is 0 Å². The second kappa shape index (κ2) is 7.96. The molecule has 0 atom stereocenters. The highest BCUT2D eigenvalue weighted by Crippen LogP contribution is 2.15. The molecule has 0 saturated carbocycles. The fourth-order valence-corrected chi connectivity index (χ4v) is 3.29. The smallest absolute Gasteiger partial charge is 0.233 e. The number of likely N-dealkylation sites (tertiary alicyclic amines) is 2. The van der Waals surface area contributed by atoms with Crippen molar-refractivity contribution < 1.29 is 4.79 Å². The van der Waals surface area contributed by atoms with Gasteiger partial charge < -0.3 is 15.5 Å². The largest absolute Gasteiger partial charge is 0.358 e. The highest BCUT2D eigenvalue weighted by atomic mass is 16.1. The van der Waals surface area contributed by atoms with Crippen molar-refractivity contribution in [2.45, 2.75) is 44.7 Å². The maximum Gasteiger partial charge on any atom is 0.233 e. The molecule has 116 valence electrons. The lowest BCUT2D eigenvalue weighted by molar-refractivity contribution is -0.122. The Morgan fingerprint density at radius 2 is 1.50 bits per heavy atom. The summed E-state index contributed by atoms with van der Waals surface area (Å²) in [5.74, 6) is 0.128. The number of amides is 1. The van der Waals surface area contributed by atoms with Gasteiger partial charge in [-0.2, -0.15) is 0 Å². The normalized spacial score (nSPS) is 23.9. The second-order valence-corrected chi connectivity index (χ2v) is 6.10. The first-order valence-corrected chi connectivity index (χ1v) is 8.12. The zero-order valence-corrected chi connectivity index (χ0v) is 13.0. The fourth-order valence-electron chi connectivity index (χ4n) is 3.29. The number of likely N-dealkylation sites (N-methyl/N-ethyl adjacent to an activating group) is 1. The van der Waals surface area contributed by atoms with Crippen LogP contribution in [-0.4, -0.2) is 74.1 Å². The maximum absolute atomic E-state index is 11.4. The monoisotopic (exact) mass is 282 g/mol. The molecule has 0 radical (unpaired) electrons. The highest BCUT2D eigenvalue weighted by molar-refractivity contribution is 5.77. The number of carbonyl (C=O) groups excluding carboxylic acids is 1. The van der Waals surface area contributed by atoms with E-state index in [4.69, 9.17) is 0 Å². The number of rotatable bonds is 5. The lowest BCUT2D eigenvalue weighted by atomic mass is 9.99. The van der Waals surface area contributed by atoms with Crippen LogP contribution in [0.5, 0.6) is 0 Å². The van der Waals surface area contributed by atoms with Crippen LogP contribution in [0.4, 0.5) is 0 Å². The Kier molecular flexibility index (Phi) is 6.26. The van der Waals surface area contributed by atoms with Crippen molar-refractivity contribution in [2.75, 3.05) is 46.3 Å². The van der Waals surface area contributed by atoms with Gasteiger partial charge in [0.1, 0.15) is 0 Å². The molecule has 0 aromatic heterocycles. The Bertz CT molecular complexity index is 294. The van der Waals surface area contributed by atoms with E-state index in [-0.39, 0.29) is 5.91 Å². The summed E-state index contributed by atoms with van der Waals surface area (Å²) in [5, 5.41) is 6.53. The van der Waals surface area contributed by atoms with Gasteiger partial charge in [-0.15, -0.1) is 0 Å². The van der Waals surface area contributed by atoms with Crippen LogP contribution >= 0.6 is 0 Å². The summed E-state index contributed by atoms with van der Waals surface area (Å²) >= 11 is 0. The molecule has 5 heteroatoms. The van der Waals surface area contributed by atoms with E-state index in [1.807, 2.05) is 0 Å². The van der Waals surface area contributed by atoms with E-state index in [1.165, 1.54) is 45.3 Å². The van der Waals surface area contributed by atoms with Gasteiger partial charge in [-0.1, -0.05) is 6.92 Å². The van der Waals surface area contributed by atoms with E-state index in [0.29, 0.717) is 18.6 Å². The van der Waals surface area contributed by atoms with Gasteiger partial charge in [0.2, 0.25) is 5.91 Å². The van der Waals surface area contributed by atoms with Crippen molar-refractivity contribution in [3.63, 3.8) is 0 Å². The summed E-state index contributed by atoms with van der Waals surface area (Å²) in [4.78, 5) is 16.2. The van der Waals surface area contributed by atoms with Gasteiger partial charge in [-0.05, 0) is 45.3 Å². The number of hydrogen-bond donors (Lipinski definition) is 2. The molecule has 0 aromatic carbocycles. The van der Waals surface area contributed by atoms with Crippen molar-refractivity contribution in [2.24, 2.45) is 0 Å². The molecule has 2 fully saturated rings. The molecular weight excluding hydrogens is 252 g/mol. The predicted octanol–water partition coefficient (Wildman–Crippen LogP) is 0.271. The van der Waals surface area contributed by atoms with Gasteiger partial charge in [0.25, 0.3) is 0 Å². The van der Waals surface area contributed by atoms with Crippen LogP contribution in [0.1, 0.15) is 32.6 Å². The Morgan fingerprint density at radius 3 is 1.95 bits per heavy atom. The maximum atomic E-state index is 11.4. The molecule has 2 rings (SSSR count). The van der Waals surface area contributed by atoms with E-state index >= 15 is 0 Å². The van der Waals surface area contributed by atoms with Gasteiger partial charge in [0, 0.05) is 32.2 Å². The SMILES string of the molecule is CCN1CCC(NC2CCN(CC(=O)NC)CC2)CC1. The number of piperidine rings is 2. The molecule has 5 nitrogen and oxygen atoms in total. The number of nitrogens with one attached hydrogen (secondary N) is 2. The highest BCUT2D eigenvalue weighted by Gasteiger charge is 2.24. The summed E-state index contributed by atoms with van der Waals surface area (Å²) in [6.45, 7) is 8.55. The van der Waals surface area contributed by atoms with Gasteiger partial charge in [-0.3, -0.25) is 9.69 Å². The summed E-state index contributed by atoms with van der Waals surface area (Å²) in [6.07, 6.45) is 4.91. The fraction of sp³-hybridized carbons (Fsp3) is 0.933. The van der Waals surface area contributed by atoms with E-state index in [0.717, 1.165) is 13.1 Å². The minimum atomic E-state index is 0.128. The second-order valence-electron chi connectivity index (χ2n) is 6.10. The third kappa shape index (κ3) is 4.72. The average molecular weight is 282 g/mol. The lowest BCUT2D eigenvalue weighted by Crippen LogP contribution is -2.50. The zero-order chi connectivity index (χ0) is 14.4. The lowest BCUT2D eigenvalue weighted by Gasteiger charge is -2.37. The molecule has 2 heterocycles. The van der Waals surface area contributed by atoms with Crippen molar-refractivity contribution in [3.05, 3.63) is 0 Å². The van der Waals surface area contributed by atoms with Crippen LogP contribution in [0.3, 0.4) is 0 Å². The molecular formula is C15H30N4O. The molecule has 1 amide bonds. The number of hydrogen-bond acceptors (Lipinski definition) is 4. The average Bonchev–Trinajstić information content (AvgIpc) is 2.50. The van der Waals surface area contributed by atoms with Crippen molar-refractivity contribution in [1.82, 2.24) is 20.4 Å². The number of nitrogens with zero attached hydrogens (tertiary/aromatic N) is 2. The molecule has 0 aliphatic carbocycles. The third-order valence-electron chi connectivity index (χ3n) is 4.74.